The lowest BCUT2D eigenvalue weighted by Crippen LogP contribution is -3.09. The zero-order valence-corrected chi connectivity index (χ0v) is 16.8. The summed E-state index contributed by atoms with van der Waals surface area (Å²) in [5.41, 5.74) is 1.85. The Kier molecular flexibility index (Phi) is 6.39. The molecule has 27 heavy (non-hydrogen) atoms. The number of halogens is 1. The average Bonchev–Trinajstić information content (AvgIpc) is 2.80. The van der Waals surface area contributed by atoms with Gasteiger partial charge in [0.15, 0.2) is 18.1 Å². The second-order valence-corrected chi connectivity index (χ2v) is 8.49. The van der Waals surface area contributed by atoms with Gasteiger partial charge in [-0.15, -0.1) is 11.8 Å². The van der Waals surface area contributed by atoms with Crippen LogP contribution in [0, 0.1) is 5.82 Å². The highest BCUT2D eigenvalue weighted by atomic mass is 32.2. The molecule has 144 valence electrons. The van der Waals surface area contributed by atoms with Gasteiger partial charge in [0.2, 0.25) is 0 Å². The average molecular weight is 390 g/mol. The Labute approximate surface area is 164 Å². The Balaban J connectivity index is 1.68. The molecule has 3 rings (SSSR count). The molecule has 0 spiro atoms. The number of carbonyl (C=O) groups is 1. The number of nitrogens with zero attached hydrogens (tertiary/aromatic N) is 1. The molecule has 1 unspecified atom stereocenters. The first-order chi connectivity index (χ1) is 13.0. The molecule has 1 amide bonds. The topological polar surface area (TPSA) is 34.0 Å². The van der Waals surface area contributed by atoms with E-state index in [4.69, 9.17) is 4.74 Å². The highest BCUT2D eigenvalue weighted by Gasteiger charge is 2.26. The summed E-state index contributed by atoms with van der Waals surface area (Å²) in [5, 5.41) is 0.483. The zero-order chi connectivity index (χ0) is 19.4. The number of hydrogen-bond donors (Lipinski definition) is 1. The number of para-hydroxylation sites is 1. The number of quaternary nitrogens is 1. The molecule has 4 nitrogen and oxygen atoms in total. The van der Waals surface area contributed by atoms with Crippen LogP contribution in [-0.4, -0.2) is 38.4 Å². The summed E-state index contributed by atoms with van der Waals surface area (Å²) in [6.07, 6.45) is 0.966. The highest BCUT2D eigenvalue weighted by Crippen LogP contribution is 2.37. The van der Waals surface area contributed by atoms with E-state index in [9.17, 15) is 9.18 Å². The fourth-order valence-electron chi connectivity index (χ4n) is 3.33. The number of likely N-dealkylation sites (N-methyl/N-ethyl adjacent to an activating group) is 1. The third-order valence-electron chi connectivity index (χ3n) is 4.72. The first-order valence-electron chi connectivity index (χ1n) is 9.17. The van der Waals surface area contributed by atoms with Crippen LogP contribution < -0.4 is 14.5 Å². The van der Waals surface area contributed by atoms with Crippen LogP contribution in [0.3, 0.4) is 0 Å². The van der Waals surface area contributed by atoms with Crippen LogP contribution in [-0.2, 0) is 11.3 Å². The van der Waals surface area contributed by atoms with Gasteiger partial charge in [-0.25, -0.2) is 4.39 Å². The van der Waals surface area contributed by atoms with Gasteiger partial charge in [-0.05, 0) is 36.8 Å². The largest absolute Gasteiger partial charge is 0.494 e. The lowest BCUT2D eigenvalue weighted by Gasteiger charge is -2.24. The molecule has 1 aliphatic heterocycles. The van der Waals surface area contributed by atoms with E-state index in [1.807, 2.05) is 48.0 Å². The summed E-state index contributed by atoms with van der Waals surface area (Å²) < 4.78 is 18.8. The molecule has 0 radical (unpaired) electrons. The minimum Gasteiger partial charge on any atom is -0.494 e. The number of carbonyl (C=O) groups excluding carboxylic acids is 1. The molecule has 1 aliphatic rings. The van der Waals surface area contributed by atoms with E-state index < -0.39 is 0 Å². The minimum absolute atomic E-state index is 0.101. The molecule has 1 N–H and O–H groups in total. The Morgan fingerprint density at radius 1 is 1.33 bits per heavy atom. The van der Waals surface area contributed by atoms with Crippen molar-refractivity contribution in [1.29, 1.82) is 0 Å². The van der Waals surface area contributed by atoms with Crippen LogP contribution in [0.2, 0.25) is 0 Å². The van der Waals surface area contributed by atoms with E-state index in [0.717, 1.165) is 34.0 Å². The van der Waals surface area contributed by atoms with E-state index in [1.165, 1.54) is 13.2 Å². The SMILES string of the molecule is COc1ccc(C[NH+](C)CC(=O)N2CC[C@@H](C)Sc3ccccc32)cc1F. The quantitative estimate of drug-likeness (QED) is 0.854. The Bertz CT molecular complexity index is 815. The number of ether oxygens (including phenoxy) is 1. The number of thioether (sulfide) groups is 1. The molecule has 0 aliphatic carbocycles. The van der Waals surface area contributed by atoms with Crippen molar-refractivity contribution in [1.82, 2.24) is 0 Å². The molecule has 2 aromatic carbocycles. The van der Waals surface area contributed by atoms with Crippen LogP contribution in [0.4, 0.5) is 10.1 Å². The molecule has 2 aromatic rings. The van der Waals surface area contributed by atoms with E-state index in [0.29, 0.717) is 18.3 Å². The number of anilines is 1. The molecule has 2 atom stereocenters. The summed E-state index contributed by atoms with van der Waals surface area (Å²) in [6, 6.07) is 13.0. The van der Waals surface area contributed by atoms with Crippen molar-refractivity contribution in [3.8, 4) is 5.75 Å². The van der Waals surface area contributed by atoms with Crippen LogP contribution >= 0.6 is 11.8 Å². The van der Waals surface area contributed by atoms with Gasteiger partial charge in [-0.3, -0.25) is 4.79 Å². The molecular formula is C21H26FN2O2S+. The number of benzene rings is 2. The van der Waals surface area contributed by atoms with Gasteiger partial charge in [0.1, 0.15) is 6.54 Å². The van der Waals surface area contributed by atoms with Gasteiger partial charge >= 0.3 is 0 Å². The first-order valence-corrected chi connectivity index (χ1v) is 10.1. The van der Waals surface area contributed by atoms with Crippen LogP contribution in [0.15, 0.2) is 47.4 Å². The molecule has 0 fully saturated rings. The van der Waals surface area contributed by atoms with E-state index in [1.54, 1.807) is 6.07 Å². The number of methoxy groups -OCH3 is 1. The molecule has 0 aromatic heterocycles. The van der Waals surface area contributed by atoms with Gasteiger partial charge in [-0.1, -0.05) is 19.1 Å². The summed E-state index contributed by atoms with van der Waals surface area (Å²) in [7, 11) is 3.41. The number of amides is 1. The standard InChI is InChI=1S/C21H25FN2O2S/c1-15-10-11-24(18-6-4-5-7-20(18)27-15)21(25)14-23(2)13-16-8-9-19(26-3)17(22)12-16/h4-9,12,15H,10-11,13-14H2,1-3H3/p+1/t15-/m1/s1. The van der Waals surface area contributed by atoms with E-state index in [-0.39, 0.29) is 17.5 Å². The second kappa shape index (κ2) is 8.76. The molecule has 0 saturated carbocycles. The minimum atomic E-state index is -0.374. The van der Waals surface area contributed by atoms with Gasteiger partial charge in [0, 0.05) is 22.3 Å². The second-order valence-electron chi connectivity index (χ2n) is 7.01. The smallest absolute Gasteiger partial charge is 0.282 e. The Morgan fingerprint density at radius 2 is 2.11 bits per heavy atom. The Morgan fingerprint density at radius 3 is 2.85 bits per heavy atom. The van der Waals surface area contributed by atoms with Gasteiger partial charge < -0.3 is 14.5 Å². The first kappa shape index (κ1) is 19.7. The van der Waals surface area contributed by atoms with E-state index >= 15 is 0 Å². The summed E-state index contributed by atoms with van der Waals surface area (Å²) in [5.74, 6) is -0.0366. The number of rotatable bonds is 5. The maximum absolute atomic E-state index is 13.9. The molecule has 0 bridgehead atoms. The normalized spacial score (nSPS) is 17.8. The van der Waals surface area contributed by atoms with Crippen LogP contribution in [0.1, 0.15) is 18.9 Å². The van der Waals surface area contributed by atoms with Gasteiger partial charge in [0.25, 0.3) is 5.91 Å². The fraction of sp³-hybridized carbons (Fsp3) is 0.381. The predicted octanol–water partition coefficient (Wildman–Crippen LogP) is 2.77. The monoisotopic (exact) mass is 389 g/mol. The van der Waals surface area contributed by atoms with Crippen LogP contribution in [0.5, 0.6) is 5.75 Å². The predicted molar refractivity (Wildman–Crippen MR) is 107 cm³/mol. The zero-order valence-electron chi connectivity index (χ0n) is 16.0. The van der Waals surface area contributed by atoms with Crippen molar-refractivity contribution in [2.75, 3.05) is 32.1 Å². The third-order valence-corrected chi connectivity index (χ3v) is 5.96. The number of hydrogen-bond acceptors (Lipinski definition) is 3. The van der Waals surface area contributed by atoms with Crippen LogP contribution in [0.25, 0.3) is 0 Å². The van der Waals surface area contributed by atoms with Crippen molar-refractivity contribution < 1.29 is 18.8 Å². The molecule has 0 saturated heterocycles. The lowest BCUT2D eigenvalue weighted by molar-refractivity contribution is -0.885. The molecule has 1 heterocycles. The van der Waals surface area contributed by atoms with E-state index in [2.05, 4.69) is 13.0 Å². The Hall–Kier alpha value is -2.05. The summed E-state index contributed by atoms with van der Waals surface area (Å²) >= 11 is 1.83. The van der Waals surface area contributed by atoms with Crippen molar-refractivity contribution in [2.24, 2.45) is 0 Å². The summed E-state index contributed by atoms with van der Waals surface area (Å²) in [4.78, 5) is 17.1. The highest BCUT2D eigenvalue weighted by molar-refractivity contribution is 8.00. The van der Waals surface area contributed by atoms with Gasteiger partial charge in [0.05, 0.1) is 19.8 Å². The third kappa shape index (κ3) is 4.82. The van der Waals surface area contributed by atoms with Crippen molar-refractivity contribution in [3.05, 3.63) is 53.8 Å². The summed E-state index contributed by atoms with van der Waals surface area (Å²) in [6.45, 7) is 3.87. The molecular weight excluding hydrogens is 363 g/mol. The number of nitrogens with one attached hydrogen (secondary N) is 1. The lowest BCUT2D eigenvalue weighted by atomic mass is 10.2. The van der Waals surface area contributed by atoms with Crippen molar-refractivity contribution >= 4 is 23.4 Å². The van der Waals surface area contributed by atoms with Crippen molar-refractivity contribution in [3.63, 3.8) is 0 Å². The fourth-order valence-corrected chi connectivity index (χ4v) is 4.44. The van der Waals surface area contributed by atoms with Crippen molar-refractivity contribution in [2.45, 2.75) is 30.0 Å². The maximum Gasteiger partial charge on any atom is 0.282 e. The van der Waals surface area contributed by atoms with Gasteiger partial charge in [-0.2, -0.15) is 0 Å². The maximum atomic E-state index is 13.9. The number of fused-ring (bicyclic) bond motifs is 1. The molecule has 6 heteroatoms.